The molecule has 5 rings (SSSR count). The quantitative estimate of drug-likeness (QED) is 0.677. The Labute approximate surface area is 181 Å². The molecule has 3 aromatic rings. The van der Waals surface area contributed by atoms with Gasteiger partial charge in [-0.1, -0.05) is 18.2 Å². The summed E-state index contributed by atoms with van der Waals surface area (Å²) in [7, 11) is 0. The molecule has 7 heteroatoms. The molecule has 2 aliphatic rings. The highest BCUT2D eigenvalue weighted by molar-refractivity contribution is 5.87. The van der Waals surface area contributed by atoms with Crippen molar-refractivity contribution >= 4 is 16.8 Å². The maximum absolute atomic E-state index is 13.0. The summed E-state index contributed by atoms with van der Waals surface area (Å²) < 4.78 is 6.16. The zero-order valence-electron chi connectivity index (χ0n) is 17.9. The number of aromatic amines is 1. The van der Waals surface area contributed by atoms with Crippen LogP contribution in [0.5, 0.6) is 5.75 Å². The molecule has 1 saturated carbocycles. The number of benzene rings is 1. The third-order valence-corrected chi connectivity index (χ3v) is 6.76. The van der Waals surface area contributed by atoms with Crippen LogP contribution in [0.3, 0.4) is 0 Å². The van der Waals surface area contributed by atoms with E-state index in [1.807, 2.05) is 55.1 Å². The van der Waals surface area contributed by atoms with Gasteiger partial charge in [0.25, 0.3) is 0 Å². The number of pyridine rings is 1. The fourth-order valence-electron chi connectivity index (χ4n) is 5.09. The molecule has 1 aliphatic carbocycles. The zero-order valence-corrected chi connectivity index (χ0v) is 17.9. The van der Waals surface area contributed by atoms with E-state index in [0.717, 1.165) is 40.2 Å². The van der Waals surface area contributed by atoms with Crippen molar-refractivity contribution in [3.05, 3.63) is 53.5 Å². The number of hydrogen-bond donors (Lipinski definition) is 2. The number of H-pyrrole nitrogens is 1. The van der Waals surface area contributed by atoms with Crippen LogP contribution in [0.15, 0.2) is 36.4 Å². The van der Waals surface area contributed by atoms with Gasteiger partial charge in [-0.2, -0.15) is 5.10 Å². The van der Waals surface area contributed by atoms with Crippen molar-refractivity contribution in [3.63, 3.8) is 0 Å². The van der Waals surface area contributed by atoms with Gasteiger partial charge in [0.05, 0.1) is 29.4 Å². The highest BCUT2D eigenvalue weighted by Gasteiger charge is 2.44. The van der Waals surface area contributed by atoms with Gasteiger partial charge in [0, 0.05) is 24.2 Å². The van der Waals surface area contributed by atoms with Crippen LogP contribution in [0, 0.1) is 25.7 Å². The van der Waals surface area contributed by atoms with Gasteiger partial charge in [0.2, 0.25) is 5.91 Å². The number of carbonyl (C=O) groups is 1. The highest BCUT2D eigenvalue weighted by Crippen LogP contribution is 2.38. The monoisotopic (exact) mass is 420 g/mol. The number of para-hydroxylation sites is 1. The van der Waals surface area contributed by atoms with E-state index in [2.05, 4.69) is 15.2 Å². The van der Waals surface area contributed by atoms with Crippen LogP contribution in [-0.4, -0.2) is 56.4 Å². The summed E-state index contributed by atoms with van der Waals surface area (Å²) in [6.07, 6.45) is 0.918. The molecule has 4 atom stereocenters. The average Bonchev–Trinajstić information content (AvgIpc) is 3.34. The van der Waals surface area contributed by atoms with E-state index in [4.69, 9.17) is 4.74 Å². The lowest BCUT2D eigenvalue weighted by Crippen LogP contribution is -2.42. The first kappa shape index (κ1) is 20.0. The molecule has 3 heterocycles. The summed E-state index contributed by atoms with van der Waals surface area (Å²) in [4.78, 5) is 19.4. The Hall–Kier alpha value is -2.93. The van der Waals surface area contributed by atoms with Crippen molar-refractivity contribution in [1.82, 2.24) is 20.1 Å². The molecule has 1 aliphatic heterocycles. The smallest absolute Gasteiger partial charge is 0.228 e. The Morgan fingerprint density at radius 1 is 1.16 bits per heavy atom. The van der Waals surface area contributed by atoms with Crippen LogP contribution in [0.1, 0.15) is 29.9 Å². The first-order chi connectivity index (χ1) is 15.0. The van der Waals surface area contributed by atoms with Crippen molar-refractivity contribution in [2.24, 2.45) is 11.8 Å². The van der Waals surface area contributed by atoms with Crippen LogP contribution in [0.4, 0.5) is 0 Å². The maximum atomic E-state index is 13.0. The van der Waals surface area contributed by atoms with Crippen molar-refractivity contribution in [2.45, 2.75) is 45.3 Å². The highest BCUT2D eigenvalue weighted by atomic mass is 16.5. The van der Waals surface area contributed by atoms with Gasteiger partial charge in [-0.15, -0.1) is 0 Å². The fraction of sp³-hybridized carbons (Fsp3) is 0.458. The lowest BCUT2D eigenvalue weighted by Gasteiger charge is -2.35. The minimum atomic E-state index is -0.534. The number of carbonyl (C=O) groups excluding carboxylic acids is 1. The van der Waals surface area contributed by atoms with E-state index in [1.54, 1.807) is 0 Å². The Kier molecular flexibility index (Phi) is 5.14. The molecule has 1 amide bonds. The fourth-order valence-corrected chi connectivity index (χ4v) is 5.09. The predicted molar refractivity (Wildman–Crippen MR) is 117 cm³/mol. The number of aryl methyl sites for hydroxylation is 2. The summed E-state index contributed by atoms with van der Waals surface area (Å²) >= 11 is 0. The van der Waals surface area contributed by atoms with E-state index in [9.17, 15) is 9.90 Å². The summed E-state index contributed by atoms with van der Waals surface area (Å²) in [6.45, 7) is 5.29. The summed E-state index contributed by atoms with van der Waals surface area (Å²) in [5, 5.41) is 19.0. The van der Waals surface area contributed by atoms with E-state index in [0.29, 0.717) is 37.8 Å². The first-order valence-corrected chi connectivity index (χ1v) is 11.0. The van der Waals surface area contributed by atoms with E-state index < -0.39 is 6.10 Å². The second kappa shape index (κ2) is 7.96. The number of likely N-dealkylation sites (tertiary alicyclic amines) is 1. The van der Waals surface area contributed by atoms with Crippen LogP contribution >= 0.6 is 0 Å². The maximum Gasteiger partial charge on any atom is 0.228 e. The molecule has 0 unspecified atom stereocenters. The Bertz CT molecular complexity index is 1110. The van der Waals surface area contributed by atoms with Crippen LogP contribution in [0.25, 0.3) is 10.9 Å². The third kappa shape index (κ3) is 3.90. The molecule has 7 nitrogen and oxygen atoms in total. The Balaban J connectivity index is 1.24. The number of aromatic nitrogens is 3. The summed E-state index contributed by atoms with van der Waals surface area (Å²) in [6, 6.07) is 11.7. The molecule has 0 bridgehead atoms. The summed E-state index contributed by atoms with van der Waals surface area (Å²) in [5.74, 6) is 1.49. The number of fused-ring (bicyclic) bond motifs is 2. The minimum absolute atomic E-state index is 0.106. The molecular weight excluding hydrogens is 392 g/mol. The van der Waals surface area contributed by atoms with E-state index >= 15 is 0 Å². The lowest BCUT2D eigenvalue weighted by molar-refractivity contribution is -0.129. The van der Waals surface area contributed by atoms with Gasteiger partial charge < -0.3 is 14.7 Å². The SMILES string of the molecule is Cc1ccc(O[C@@H]2C[C@@H]3CN(C(=O)Cc4[nH]nc5ccccc45)C[C@@H]3C[C@H]2O)c(C)n1. The molecule has 31 heavy (non-hydrogen) atoms. The molecule has 0 spiro atoms. The number of aliphatic hydroxyl groups is 1. The topological polar surface area (TPSA) is 91.3 Å². The van der Waals surface area contributed by atoms with Gasteiger partial charge in [-0.25, -0.2) is 0 Å². The van der Waals surface area contributed by atoms with Gasteiger partial charge in [-0.05, 0) is 56.7 Å². The number of nitrogens with zero attached hydrogens (tertiary/aromatic N) is 3. The molecule has 0 radical (unpaired) electrons. The zero-order chi connectivity index (χ0) is 21.5. The van der Waals surface area contributed by atoms with Crippen molar-refractivity contribution in [2.75, 3.05) is 13.1 Å². The Morgan fingerprint density at radius 3 is 2.74 bits per heavy atom. The number of amides is 1. The Morgan fingerprint density at radius 2 is 1.94 bits per heavy atom. The number of rotatable bonds is 4. The number of aliphatic hydroxyl groups excluding tert-OH is 1. The second-order valence-corrected chi connectivity index (χ2v) is 8.95. The molecule has 1 saturated heterocycles. The molecule has 2 N–H and O–H groups in total. The number of ether oxygens (including phenoxy) is 1. The van der Waals surface area contributed by atoms with Gasteiger partial charge in [0.1, 0.15) is 11.9 Å². The van der Waals surface area contributed by atoms with Gasteiger partial charge in [-0.3, -0.25) is 14.9 Å². The van der Waals surface area contributed by atoms with Crippen molar-refractivity contribution in [1.29, 1.82) is 0 Å². The first-order valence-electron chi connectivity index (χ1n) is 11.0. The van der Waals surface area contributed by atoms with Crippen LogP contribution in [0.2, 0.25) is 0 Å². The molecule has 1 aromatic carbocycles. The molecule has 162 valence electrons. The number of nitrogens with one attached hydrogen (secondary N) is 1. The predicted octanol–water partition coefficient (Wildman–Crippen LogP) is 2.79. The average molecular weight is 421 g/mol. The van der Waals surface area contributed by atoms with Crippen molar-refractivity contribution in [3.8, 4) is 5.75 Å². The van der Waals surface area contributed by atoms with Gasteiger partial charge >= 0.3 is 0 Å². The second-order valence-electron chi connectivity index (χ2n) is 8.95. The lowest BCUT2D eigenvalue weighted by atomic mass is 9.78. The molecule has 2 fully saturated rings. The normalized spacial score (nSPS) is 25.6. The van der Waals surface area contributed by atoms with E-state index in [-0.39, 0.29) is 12.0 Å². The van der Waals surface area contributed by atoms with Gasteiger partial charge in [0.15, 0.2) is 0 Å². The molecular formula is C24H28N4O3. The number of hydrogen-bond acceptors (Lipinski definition) is 5. The third-order valence-electron chi connectivity index (χ3n) is 6.76. The molecule has 2 aromatic heterocycles. The van der Waals surface area contributed by atoms with Crippen LogP contribution < -0.4 is 4.74 Å². The summed E-state index contributed by atoms with van der Waals surface area (Å²) in [5.41, 5.74) is 3.52. The largest absolute Gasteiger partial charge is 0.486 e. The van der Waals surface area contributed by atoms with Crippen LogP contribution in [-0.2, 0) is 11.2 Å². The minimum Gasteiger partial charge on any atom is -0.486 e. The van der Waals surface area contributed by atoms with Crippen molar-refractivity contribution < 1.29 is 14.6 Å². The standard InChI is InChI=1S/C24H28N4O3/c1-14-7-8-22(15(2)25-14)31-23-10-17-13-28(12-16(17)9-21(23)29)24(30)11-20-18-5-3-4-6-19(18)26-27-20/h3-8,16-17,21,23,29H,9-13H2,1-2H3,(H,26,27)/t16-,17+,21+,23+/m0/s1. The van der Waals surface area contributed by atoms with E-state index in [1.165, 1.54) is 0 Å².